The number of carbonyl (C=O) groups excluding carboxylic acids is 1. The van der Waals surface area contributed by atoms with Crippen molar-refractivity contribution >= 4 is 32.6 Å². The minimum atomic E-state index is -0.132. The number of thiazole rings is 1. The molecule has 0 unspecified atom stereocenters. The number of amides is 1. The number of hydrogen-bond donors (Lipinski definition) is 0. The normalized spacial score (nSPS) is 12.3. The maximum atomic E-state index is 13.2. The average Bonchev–Trinajstić information content (AvgIpc) is 3.34. The number of fused-ring (bicyclic) bond motifs is 2. The number of carbonyl (C=O) groups is 1. The molecule has 1 aliphatic heterocycles. The molecule has 8 heteroatoms. The van der Waals surface area contributed by atoms with Crippen molar-refractivity contribution in [2.24, 2.45) is 0 Å². The van der Waals surface area contributed by atoms with E-state index in [0.717, 1.165) is 23.2 Å². The van der Waals surface area contributed by atoms with E-state index in [1.54, 1.807) is 29.2 Å². The zero-order chi connectivity index (χ0) is 20.4. The van der Waals surface area contributed by atoms with E-state index >= 15 is 0 Å². The summed E-state index contributed by atoms with van der Waals surface area (Å²) in [6, 6.07) is 12.5. The molecular formula is C21H20N4O3S. The Morgan fingerprint density at radius 1 is 1.17 bits per heavy atom. The van der Waals surface area contributed by atoms with E-state index in [1.807, 2.05) is 26.2 Å². The lowest BCUT2D eigenvalue weighted by molar-refractivity contribution is 0.0986. The molecule has 148 valence electrons. The van der Waals surface area contributed by atoms with Crippen molar-refractivity contribution in [1.82, 2.24) is 9.88 Å². The third-order valence-corrected chi connectivity index (χ3v) is 5.64. The topological polar surface area (TPSA) is 78.7 Å². The molecule has 2 heterocycles. The van der Waals surface area contributed by atoms with Gasteiger partial charge in [0, 0.05) is 24.2 Å². The van der Waals surface area contributed by atoms with Crippen molar-refractivity contribution in [3.05, 3.63) is 47.5 Å². The molecule has 29 heavy (non-hydrogen) atoms. The number of hydrogen-bond acceptors (Lipinski definition) is 7. The van der Waals surface area contributed by atoms with E-state index in [2.05, 4.69) is 11.0 Å². The van der Waals surface area contributed by atoms with Crippen LogP contribution >= 0.6 is 11.3 Å². The molecule has 2 aromatic carbocycles. The predicted octanol–water partition coefficient (Wildman–Crippen LogP) is 3.50. The number of ether oxygens (including phenoxy) is 2. The summed E-state index contributed by atoms with van der Waals surface area (Å²) in [5, 5.41) is 9.63. The van der Waals surface area contributed by atoms with Crippen molar-refractivity contribution in [2.75, 3.05) is 38.9 Å². The third kappa shape index (κ3) is 4.01. The quantitative estimate of drug-likeness (QED) is 0.621. The maximum Gasteiger partial charge on any atom is 0.260 e. The van der Waals surface area contributed by atoms with Crippen LogP contribution in [0.3, 0.4) is 0 Å². The number of benzene rings is 2. The van der Waals surface area contributed by atoms with Crippen LogP contribution in [0.25, 0.3) is 10.2 Å². The van der Waals surface area contributed by atoms with E-state index in [-0.39, 0.29) is 12.7 Å². The fourth-order valence-electron chi connectivity index (χ4n) is 3.09. The monoisotopic (exact) mass is 408 g/mol. The molecule has 3 aromatic rings. The van der Waals surface area contributed by atoms with Crippen LogP contribution in [0.2, 0.25) is 0 Å². The van der Waals surface area contributed by atoms with E-state index in [9.17, 15) is 4.79 Å². The smallest absolute Gasteiger partial charge is 0.260 e. The van der Waals surface area contributed by atoms with Crippen molar-refractivity contribution in [1.29, 1.82) is 5.26 Å². The SMILES string of the molecule is CN(C)CCCN(C(=O)c1ccc(C#N)cc1)c1nc2cc3c(cc2s1)OCO3. The van der Waals surface area contributed by atoms with E-state index in [1.165, 1.54) is 11.3 Å². The molecule has 1 aliphatic rings. The second kappa shape index (κ2) is 8.07. The van der Waals surface area contributed by atoms with Crippen LogP contribution in [0.1, 0.15) is 22.3 Å². The second-order valence-corrected chi connectivity index (χ2v) is 7.98. The van der Waals surface area contributed by atoms with Gasteiger partial charge in [-0.05, 0) is 51.3 Å². The van der Waals surface area contributed by atoms with Crippen LogP contribution < -0.4 is 14.4 Å². The van der Waals surface area contributed by atoms with Crippen LogP contribution in [-0.4, -0.2) is 49.8 Å². The molecule has 1 aromatic heterocycles. The molecule has 0 atom stereocenters. The molecule has 1 amide bonds. The highest BCUT2D eigenvalue weighted by atomic mass is 32.1. The molecule has 7 nitrogen and oxygen atoms in total. The molecule has 0 saturated carbocycles. The molecule has 0 fully saturated rings. The Morgan fingerprint density at radius 2 is 1.90 bits per heavy atom. The summed E-state index contributed by atoms with van der Waals surface area (Å²) in [5.41, 5.74) is 1.83. The van der Waals surface area contributed by atoms with Crippen molar-refractivity contribution in [2.45, 2.75) is 6.42 Å². The van der Waals surface area contributed by atoms with Gasteiger partial charge in [-0.25, -0.2) is 4.98 Å². The highest BCUT2D eigenvalue weighted by molar-refractivity contribution is 7.22. The first-order chi connectivity index (χ1) is 14.0. The van der Waals surface area contributed by atoms with Gasteiger partial charge in [-0.15, -0.1) is 0 Å². The van der Waals surface area contributed by atoms with Gasteiger partial charge in [0.25, 0.3) is 5.91 Å². The number of aromatic nitrogens is 1. The van der Waals surface area contributed by atoms with Gasteiger partial charge in [-0.3, -0.25) is 9.69 Å². The first kappa shape index (κ1) is 19.2. The Balaban J connectivity index is 1.66. The summed E-state index contributed by atoms with van der Waals surface area (Å²) in [5.74, 6) is 1.24. The molecule has 0 spiro atoms. The number of anilines is 1. The van der Waals surface area contributed by atoms with Gasteiger partial charge in [0.15, 0.2) is 16.6 Å². The molecule has 0 N–H and O–H groups in total. The second-order valence-electron chi connectivity index (χ2n) is 6.97. The fraction of sp³-hybridized carbons (Fsp3) is 0.286. The van der Waals surface area contributed by atoms with Gasteiger partial charge in [0.1, 0.15) is 0 Å². The summed E-state index contributed by atoms with van der Waals surface area (Å²) in [4.78, 5) is 21.7. The zero-order valence-corrected chi connectivity index (χ0v) is 17.0. The maximum absolute atomic E-state index is 13.2. The van der Waals surface area contributed by atoms with Crippen molar-refractivity contribution in [3.63, 3.8) is 0 Å². The summed E-state index contributed by atoms with van der Waals surface area (Å²) >= 11 is 1.45. The summed E-state index contributed by atoms with van der Waals surface area (Å²) in [6.45, 7) is 1.62. The van der Waals surface area contributed by atoms with Crippen molar-refractivity contribution < 1.29 is 14.3 Å². The minimum Gasteiger partial charge on any atom is -0.454 e. The molecular weight excluding hydrogens is 388 g/mol. The van der Waals surface area contributed by atoms with Gasteiger partial charge in [0.2, 0.25) is 6.79 Å². The van der Waals surface area contributed by atoms with Crippen LogP contribution in [0.5, 0.6) is 11.5 Å². The third-order valence-electron chi connectivity index (χ3n) is 4.60. The van der Waals surface area contributed by atoms with Gasteiger partial charge >= 0.3 is 0 Å². The highest BCUT2D eigenvalue weighted by Crippen LogP contribution is 2.40. The number of rotatable bonds is 6. The van der Waals surface area contributed by atoms with Gasteiger partial charge in [0.05, 0.1) is 21.8 Å². The first-order valence-electron chi connectivity index (χ1n) is 9.22. The van der Waals surface area contributed by atoms with Crippen LogP contribution in [-0.2, 0) is 0 Å². The van der Waals surface area contributed by atoms with Crippen LogP contribution in [0, 0.1) is 11.3 Å². The Bertz CT molecular complexity index is 1040. The highest BCUT2D eigenvalue weighted by Gasteiger charge is 2.23. The standard InChI is InChI=1S/C21H20N4O3S/c1-24(2)8-3-9-25(20(26)15-6-4-14(12-22)5-7-15)21-23-16-10-17-18(28-13-27-17)11-19(16)29-21/h4-7,10-11H,3,8-9,13H2,1-2H3. The van der Waals surface area contributed by atoms with E-state index < -0.39 is 0 Å². The van der Waals surface area contributed by atoms with E-state index in [4.69, 9.17) is 19.7 Å². The Morgan fingerprint density at radius 3 is 2.59 bits per heavy atom. The fourth-order valence-corrected chi connectivity index (χ4v) is 4.09. The van der Waals surface area contributed by atoms with Gasteiger partial charge in [-0.1, -0.05) is 11.3 Å². The van der Waals surface area contributed by atoms with Crippen molar-refractivity contribution in [3.8, 4) is 17.6 Å². The van der Waals surface area contributed by atoms with Gasteiger partial charge < -0.3 is 14.4 Å². The lowest BCUT2D eigenvalue weighted by Crippen LogP contribution is -2.33. The summed E-state index contributed by atoms with van der Waals surface area (Å²) in [7, 11) is 4.01. The molecule has 4 rings (SSSR count). The molecule has 0 radical (unpaired) electrons. The van der Waals surface area contributed by atoms with Crippen LogP contribution in [0.15, 0.2) is 36.4 Å². The largest absolute Gasteiger partial charge is 0.454 e. The number of nitrogens with zero attached hydrogens (tertiary/aromatic N) is 4. The van der Waals surface area contributed by atoms with Crippen LogP contribution in [0.4, 0.5) is 5.13 Å². The van der Waals surface area contributed by atoms with Gasteiger partial charge in [-0.2, -0.15) is 5.26 Å². The zero-order valence-electron chi connectivity index (χ0n) is 16.2. The average molecular weight is 408 g/mol. The number of nitriles is 1. The molecule has 0 bridgehead atoms. The first-order valence-corrected chi connectivity index (χ1v) is 10.0. The minimum absolute atomic E-state index is 0.132. The summed E-state index contributed by atoms with van der Waals surface area (Å²) < 4.78 is 11.8. The predicted molar refractivity (Wildman–Crippen MR) is 112 cm³/mol. The Hall–Kier alpha value is -3.15. The summed E-state index contributed by atoms with van der Waals surface area (Å²) in [6.07, 6.45) is 0.813. The lowest BCUT2D eigenvalue weighted by atomic mass is 10.1. The lowest BCUT2D eigenvalue weighted by Gasteiger charge is -2.21. The van der Waals surface area contributed by atoms with E-state index in [0.29, 0.717) is 34.3 Å². The molecule has 0 aliphatic carbocycles. The Labute approximate surface area is 172 Å². The molecule has 0 saturated heterocycles. The Kier molecular flexibility index (Phi) is 5.34.